The van der Waals surface area contributed by atoms with E-state index in [1.165, 1.54) is 0 Å². The summed E-state index contributed by atoms with van der Waals surface area (Å²) in [4.78, 5) is 12.6. The number of methoxy groups -OCH3 is 1. The Kier molecular flexibility index (Phi) is 6.87. The Labute approximate surface area is 150 Å². The second-order valence-electron chi connectivity index (χ2n) is 5.96. The van der Waals surface area contributed by atoms with Gasteiger partial charge in [0.1, 0.15) is 11.5 Å². The maximum Gasteiger partial charge on any atom is 0.261 e. The minimum Gasteiger partial charge on any atom is -0.497 e. The number of benzene rings is 2. The van der Waals surface area contributed by atoms with E-state index in [0.29, 0.717) is 0 Å². The zero-order valence-corrected chi connectivity index (χ0v) is 15.4. The number of aryl methyl sites for hydroxylation is 1. The van der Waals surface area contributed by atoms with Crippen LogP contribution in [0, 0.1) is 0 Å². The summed E-state index contributed by atoms with van der Waals surface area (Å²) in [6.45, 7) is 5.90. The molecule has 2 aromatic carbocycles. The van der Waals surface area contributed by atoms with E-state index < -0.39 is 6.10 Å². The zero-order chi connectivity index (χ0) is 18.2. The van der Waals surface area contributed by atoms with Crippen LogP contribution in [-0.4, -0.2) is 19.1 Å². The molecule has 0 aliphatic heterocycles. The monoisotopic (exact) mass is 341 g/mol. The van der Waals surface area contributed by atoms with Crippen LogP contribution in [-0.2, 0) is 11.2 Å². The van der Waals surface area contributed by atoms with Crippen LogP contribution in [0.25, 0.3) is 0 Å². The molecule has 0 heterocycles. The molecular formula is C21H27NO3. The first-order valence-corrected chi connectivity index (χ1v) is 8.77. The molecule has 1 amide bonds. The third-order valence-corrected chi connectivity index (χ3v) is 4.27. The van der Waals surface area contributed by atoms with E-state index in [1.54, 1.807) is 14.0 Å². The van der Waals surface area contributed by atoms with Gasteiger partial charge in [-0.1, -0.05) is 44.2 Å². The number of carbonyl (C=O) groups is 1. The third kappa shape index (κ3) is 4.99. The van der Waals surface area contributed by atoms with Crippen LogP contribution >= 0.6 is 0 Å². The van der Waals surface area contributed by atoms with Crippen molar-refractivity contribution in [3.63, 3.8) is 0 Å². The van der Waals surface area contributed by atoms with Gasteiger partial charge in [0, 0.05) is 0 Å². The molecule has 0 aromatic heterocycles. The Balaban J connectivity index is 2.02. The van der Waals surface area contributed by atoms with Crippen molar-refractivity contribution in [2.45, 2.75) is 45.8 Å². The Morgan fingerprint density at radius 1 is 1.08 bits per heavy atom. The maximum atomic E-state index is 12.6. The lowest BCUT2D eigenvalue weighted by molar-refractivity contribution is -0.128. The normalized spacial score (nSPS) is 13.0. The summed E-state index contributed by atoms with van der Waals surface area (Å²) in [7, 11) is 1.64. The molecule has 2 aromatic rings. The molecule has 0 fully saturated rings. The van der Waals surface area contributed by atoms with Crippen LogP contribution in [0.3, 0.4) is 0 Å². The van der Waals surface area contributed by atoms with E-state index in [-0.39, 0.29) is 11.9 Å². The first-order chi connectivity index (χ1) is 12.1. The van der Waals surface area contributed by atoms with Crippen molar-refractivity contribution in [1.82, 2.24) is 5.32 Å². The number of amides is 1. The van der Waals surface area contributed by atoms with Gasteiger partial charge in [-0.05, 0) is 49.1 Å². The fourth-order valence-corrected chi connectivity index (χ4v) is 2.70. The predicted molar refractivity (Wildman–Crippen MR) is 100 cm³/mol. The average molecular weight is 341 g/mol. The van der Waals surface area contributed by atoms with Gasteiger partial charge in [0.05, 0.1) is 13.2 Å². The molecular weight excluding hydrogens is 314 g/mol. The van der Waals surface area contributed by atoms with Gasteiger partial charge in [0.15, 0.2) is 6.10 Å². The minimum atomic E-state index is -0.556. The lowest BCUT2D eigenvalue weighted by atomic mass is 10.0. The first-order valence-electron chi connectivity index (χ1n) is 8.77. The van der Waals surface area contributed by atoms with Crippen LogP contribution < -0.4 is 14.8 Å². The van der Waals surface area contributed by atoms with Crippen molar-refractivity contribution < 1.29 is 14.3 Å². The molecule has 134 valence electrons. The molecule has 1 N–H and O–H groups in total. The Morgan fingerprint density at radius 3 is 2.36 bits per heavy atom. The van der Waals surface area contributed by atoms with Gasteiger partial charge >= 0.3 is 0 Å². The maximum absolute atomic E-state index is 12.6. The topological polar surface area (TPSA) is 47.6 Å². The van der Waals surface area contributed by atoms with Gasteiger partial charge < -0.3 is 14.8 Å². The molecule has 0 bridgehead atoms. The fourth-order valence-electron chi connectivity index (χ4n) is 2.70. The number of rotatable bonds is 8. The minimum absolute atomic E-state index is 0.0501. The zero-order valence-electron chi connectivity index (χ0n) is 15.4. The number of para-hydroxylation sites is 1. The molecule has 25 heavy (non-hydrogen) atoms. The van der Waals surface area contributed by atoms with E-state index >= 15 is 0 Å². The highest BCUT2D eigenvalue weighted by Gasteiger charge is 2.20. The van der Waals surface area contributed by atoms with Crippen LogP contribution in [0.1, 0.15) is 44.4 Å². The summed E-state index contributed by atoms with van der Waals surface area (Å²) in [5, 5.41) is 3.07. The number of hydrogen-bond acceptors (Lipinski definition) is 3. The standard InChI is InChI=1S/C21H27NO3/c1-5-16-9-7-8-10-20(16)25-15(3)21(23)22-19(6-2)17-11-13-18(24-4)14-12-17/h7-15,19H,5-6H2,1-4H3,(H,22,23)/t15-,19+/m1/s1. The molecule has 0 unspecified atom stereocenters. The highest BCUT2D eigenvalue weighted by atomic mass is 16.5. The number of carbonyl (C=O) groups excluding carboxylic acids is 1. The fraction of sp³-hybridized carbons (Fsp3) is 0.381. The molecule has 2 atom stereocenters. The second-order valence-corrected chi connectivity index (χ2v) is 5.96. The van der Waals surface area contributed by atoms with E-state index in [9.17, 15) is 4.79 Å². The Hall–Kier alpha value is -2.49. The molecule has 0 aliphatic rings. The van der Waals surface area contributed by atoms with Crippen LogP contribution in [0.2, 0.25) is 0 Å². The molecule has 0 radical (unpaired) electrons. The summed E-state index contributed by atoms with van der Waals surface area (Å²) < 4.78 is 11.1. The highest BCUT2D eigenvalue weighted by Crippen LogP contribution is 2.22. The van der Waals surface area contributed by atoms with E-state index in [2.05, 4.69) is 12.2 Å². The van der Waals surface area contributed by atoms with Crippen molar-refractivity contribution in [1.29, 1.82) is 0 Å². The molecule has 0 spiro atoms. The van der Waals surface area contributed by atoms with Crippen molar-refractivity contribution in [3.8, 4) is 11.5 Å². The third-order valence-electron chi connectivity index (χ3n) is 4.27. The Morgan fingerprint density at radius 2 is 1.76 bits per heavy atom. The number of hydrogen-bond donors (Lipinski definition) is 1. The predicted octanol–water partition coefficient (Wildman–Crippen LogP) is 4.29. The van der Waals surface area contributed by atoms with E-state index in [4.69, 9.17) is 9.47 Å². The van der Waals surface area contributed by atoms with E-state index in [1.807, 2.05) is 55.5 Å². The number of nitrogens with one attached hydrogen (secondary N) is 1. The molecule has 2 rings (SSSR count). The summed E-state index contributed by atoms with van der Waals surface area (Å²) >= 11 is 0. The van der Waals surface area contributed by atoms with Gasteiger partial charge in [-0.2, -0.15) is 0 Å². The first kappa shape index (κ1) is 18.8. The van der Waals surface area contributed by atoms with Crippen molar-refractivity contribution in [2.75, 3.05) is 7.11 Å². The smallest absolute Gasteiger partial charge is 0.261 e. The van der Waals surface area contributed by atoms with Gasteiger partial charge in [0.2, 0.25) is 0 Å². The Bertz CT molecular complexity index is 682. The largest absolute Gasteiger partial charge is 0.497 e. The highest BCUT2D eigenvalue weighted by molar-refractivity contribution is 5.81. The van der Waals surface area contributed by atoms with Gasteiger partial charge in [-0.25, -0.2) is 0 Å². The molecule has 4 nitrogen and oxygen atoms in total. The average Bonchev–Trinajstić information content (AvgIpc) is 2.66. The SMILES string of the molecule is CCc1ccccc1O[C@H](C)C(=O)N[C@@H](CC)c1ccc(OC)cc1. The molecule has 0 saturated heterocycles. The van der Waals surface area contributed by atoms with Crippen molar-refractivity contribution in [2.24, 2.45) is 0 Å². The summed E-state index contributed by atoms with van der Waals surface area (Å²) in [5.41, 5.74) is 2.15. The van der Waals surface area contributed by atoms with E-state index in [0.717, 1.165) is 35.5 Å². The van der Waals surface area contributed by atoms with Crippen molar-refractivity contribution in [3.05, 3.63) is 59.7 Å². The lowest BCUT2D eigenvalue weighted by Crippen LogP contribution is -2.38. The second kappa shape index (κ2) is 9.11. The lowest BCUT2D eigenvalue weighted by Gasteiger charge is -2.22. The van der Waals surface area contributed by atoms with Gasteiger partial charge in [-0.3, -0.25) is 4.79 Å². The molecule has 0 aliphatic carbocycles. The van der Waals surface area contributed by atoms with Gasteiger partial charge in [0.25, 0.3) is 5.91 Å². The summed E-state index contributed by atoms with van der Waals surface area (Å²) in [6.07, 6.45) is 1.12. The molecule has 0 saturated carbocycles. The molecule has 4 heteroatoms. The van der Waals surface area contributed by atoms with Crippen molar-refractivity contribution >= 4 is 5.91 Å². The van der Waals surface area contributed by atoms with Gasteiger partial charge in [-0.15, -0.1) is 0 Å². The summed E-state index contributed by atoms with van der Waals surface area (Å²) in [6, 6.07) is 15.5. The van der Waals surface area contributed by atoms with Crippen LogP contribution in [0.4, 0.5) is 0 Å². The van der Waals surface area contributed by atoms with Crippen LogP contribution in [0.5, 0.6) is 11.5 Å². The van der Waals surface area contributed by atoms with Crippen LogP contribution in [0.15, 0.2) is 48.5 Å². The quantitative estimate of drug-likeness (QED) is 0.779. The summed E-state index contributed by atoms with van der Waals surface area (Å²) in [5.74, 6) is 1.46. The number of ether oxygens (including phenoxy) is 2.